The van der Waals surface area contributed by atoms with E-state index in [1.165, 1.54) is 30.6 Å². The largest absolute Gasteiger partial charge is 0.374 e. The smallest absolute Gasteiger partial charge is 0.317 e. The highest BCUT2D eigenvalue weighted by molar-refractivity contribution is 7.11. The minimum atomic E-state index is 0.101. The minimum Gasteiger partial charge on any atom is -0.374 e. The Balaban J connectivity index is 1.28. The third-order valence-electron chi connectivity index (χ3n) is 6.02. The van der Waals surface area contributed by atoms with E-state index in [0.29, 0.717) is 30.0 Å². The molecule has 1 aromatic rings. The Labute approximate surface area is 140 Å². The second kappa shape index (κ2) is 5.18. The first-order chi connectivity index (χ1) is 11.2. The minimum absolute atomic E-state index is 0.101. The summed E-state index contributed by atoms with van der Waals surface area (Å²) in [7, 11) is 0. The first kappa shape index (κ1) is 14.2. The summed E-state index contributed by atoms with van der Waals surface area (Å²) in [5, 5.41) is 4.35. The molecule has 3 aliphatic heterocycles. The van der Waals surface area contributed by atoms with Crippen LogP contribution in [-0.2, 0) is 4.74 Å². The number of rotatable bonds is 3. The number of thiazole rings is 1. The third kappa shape index (κ3) is 2.38. The van der Waals surface area contributed by atoms with Gasteiger partial charge in [0.25, 0.3) is 0 Å². The number of carbonyl (C=O) groups excluding carboxylic acids is 1. The molecular formula is C17H23N3O2S. The van der Waals surface area contributed by atoms with Gasteiger partial charge in [0.1, 0.15) is 5.01 Å². The predicted molar refractivity (Wildman–Crippen MR) is 87.3 cm³/mol. The summed E-state index contributed by atoms with van der Waals surface area (Å²) in [5.74, 6) is 1.72. The lowest BCUT2D eigenvalue weighted by atomic mass is 9.82. The molecule has 0 aromatic carbocycles. The molecule has 5 nitrogen and oxygen atoms in total. The van der Waals surface area contributed by atoms with E-state index in [1.54, 1.807) is 11.3 Å². The van der Waals surface area contributed by atoms with Gasteiger partial charge in [-0.3, -0.25) is 0 Å². The van der Waals surface area contributed by atoms with Gasteiger partial charge in [-0.2, -0.15) is 0 Å². The van der Waals surface area contributed by atoms with Crippen LogP contribution in [0, 0.1) is 24.7 Å². The summed E-state index contributed by atoms with van der Waals surface area (Å²) >= 11 is 1.71. The Hall–Kier alpha value is -1.14. The van der Waals surface area contributed by atoms with Gasteiger partial charge in [0.2, 0.25) is 0 Å². The highest BCUT2D eigenvalue weighted by atomic mass is 32.1. The number of amides is 2. The van der Waals surface area contributed by atoms with Crippen molar-refractivity contribution in [1.82, 2.24) is 15.2 Å². The number of hydrogen-bond acceptors (Lipinski definition) is 4. The topological polar surface area (TPSA) is 54.5 Å². The van der Waals surface area contributed by atoms with Crippen LogP contribution in [0.4, 0.5) is 4.79 Å². The van der Waals surface area contributed by atoms with Crippen molar-refractivity contribution >= 4 is 17.4 Å². The van der Waals surface area contributed by atoms with E-state index in [4.69, 9.17) is 4.74 Å². The zero-order chi connectivity index (χ0) is 15.6. The molecule has 23 heavy (non-hydrogen) atoms. The van der Waals surface area contributed by atoms with Crippen LogP contribution in [0.5, 0.6) is 0 Å². The average molecular weight is 333 g/mol. The molecule has 5 atom stereocenters. The fraction of sp³-hybridized carbons (Fsp3) is 0.765. The number of hydrogen-bond donors (Lipinski definition) is 1. The SMILES string of the molecule is Cc1cnc(C(NC(=O)N2CC3C4CCC(O4)C3C2)C2CC2)s1. The molecule has 1 saturated carbocycles. The van der Waals surface area contributed by atoms with Crippen molar-refractivity contribution < 1.29 is 9.53 Å². The molecule has 6 heteroatoms. The maximum absolute atomic E-state index is 12.8. The van der Waals surface area contributed by atoms with Gasteiger partial charge in [0.15, 0.2) is 0 Å². The maximum Gasteiger partial charge on any atom is 0.317 e. The monoisotopic (exact) mass is 333 g/mol. The number of carbonyl (C=O) groups is 1. The molecule has 4 heterocycles. The van der Waals surface area contributed by atoms with Crippen molar-refractivity contribution in [3.63, 3.8) is 0 Å². The summed E-state index contributed by atoms with van der Waals surface area (Å²) in [4.78, 5) is 20.5. The zero-order valence-electron chi connectivity index (χ0n) is 13.4. The zero-order valence-corrected chi connectivity index (χ0v) is 14.2. The number of nitrogens with zero attached hydrogens (tertiary/aromatic N) is 2. The van der Waals surface area contributed by atoms with Crippen LogP contribution in [0.2, 0.25) is 0 Å². The van der Waals surface area contributed by atoms with Gasteiger partial charge in [-0.05, 0) is 38.5 Å². The molecule has 2 bridgehead atoms. The van der Waals surface area contributed by atoms with E-state index in [-0.39, 0.29) is 12.1 Å². The lowest BCUT2D eigenvalue weighted by molar-refractivity contribution is 0.0736. The molecular weight excluding hydrogens is 310 g/mol. The van der Waals surface area contributed by atoms with E-state index in [1.807, 2.05) is 11.1 Å². The normalized spacial score (nSPS) is 36.3. The summed E-state index contributed by atoms with van der Waals surface area (Å²) in [6.45, 7) is 3.81. The second-order valence-corrected chi connectivity index (χ2v) is 8.86. The van der Waals surface area contributed by atoms with Crippen LogP contribution in [0.15, 0.2) is 6.20 Å². The van der Waals surface area contributed by atoms with Gasteiger partial charge >= 0.3 is 6.03 Å². The molecule has 3 saturated heterocycles. The predicted octanol–water partition coefficient (Wildman–Crippen LogP) is 2.72. The van der Waals surface area contributed by atoms with Crippen molar-refractivity contribution in [3.05, 3.63) is 16.1 Å². The first-order valence-electron chi connectivity index (χ1n) is 8.82. The quantitative estimate of drug-likeness (QED) is 0.925. The Morgan fingerprint density at radius 1 is 1.30 bits per heavy atom. The fourth-order valence-corrected chi connectivity index (χ4v) is 5.60. The Bertz CT molecular complexity index is 611. The van der Waals surface area contributed by atoms with E-state index >= 15 is 0 Å². The molecule has 5 rings (SSSR count). The molecule has 2 amide bonds. The number of aryl methyl sites for hydroxylation is 1. The number of ether oxygens (including phenoxy) is 1. The van der Waals surface area contributed by atoms with Crippen molar-refractivity contribution in [1.29, 1.82) is 0 Å². The van der Waals surface area contributed by atoms with Gasteiger partial charge in [-0.25, -0.2) is 9.78 Å². The standard InChI is InChI=1S/C17H23N3O2S/c1-9-6-18-16(23-9)15(10-2-3-10)19-17(21)20-7-11-12(8-20)14-5-4-13(11)22-14/h6,10-15H,2-5,7-8H2,1H3,(H,19,21). The molecule has 0 spiro atoms. The Morgan fingerprint density at radius 3 is 2.57 bits per heavy atom. The van der Waals surface area contributed by atoms with Gasteiger partial charge in [0, 0.05) is 36.0 Å². The summed E-state index contributed by atoms with van der Waals surface area (Å²) < 4.78 is 6.00. The van der Waals surface area contributed by atoms with Crippen molar-refractivity contribution in [3.8, 4) is 0 Å². The molecule has 1 aliphatic carbocycles. The van der Waals surface area contributed by atoms with Crippen molar-refractivity contribution in [2.75, 3.05) is 13.1 Å². The third-order valence-corrected chi connectivity index (χ3v) is 7.01. The van der Waals surface area contributed by atoms with E-state index in [2.05, 4.69) is 17.2 Å². The van der Waals surface area contributed by atoms with Crippen LogP contribution in [0.1, 0.15) is 41.6 Å². The number of nitrogens with one attached hydrogen (secondary N) is 1. The average Bonchev–Trinajstić information content (AvgIpc) is 2.95. The van der Waals surface area contributed by atoms with Crippen molar-refractivity contribution in [2.45, 2.75) is 50.9 Å². The van der Waals surface area contributed by atoms with E-state index in [0.717, 1.165) is 18.1 Å². The van der Waals surface area contributed by atoms with Crippen LogP contribution in [-0.4, -0.2) is 41.2 Å². The van der Waals surface area contributed by atoms with Gasteiger partial charge in [-0.1, -0.05) is 0 Å². The van der Waals surface area contributed by atoms with Crippen LogP contribution < -0.4 is 5.32 Å². The highest BCUT2D eigenvalue weighted by Crippen LogP contribution is 2.47. The number of aromatic nitrogens is 1. The molecule has 0 radical (unpaired) electrons. The number of fused-ring (bicyclic) bond motifs is 5. The van der Waals surface area contributed by atoms with Crippen LogP contribution in [0.25, 0.3) is 0 Å². The summed E-state index contributed by atoms with van der Waals surface area (Å²) in [6, 6.07) is 0.207. The molecule has 1 aromatic heterocycles. The van der Waals surface area contributed by atoms with Gasteiger partial charge in [-0.15, -0.1) is 11.3 Å². The van der Waals surface area contributed by atoms with Gasteiger partial charge < -0.3 is 15.0 Å². The number of urea groups is 1. The molecule has 124 valence electrons. The molecule has 5 unspecified atom stereocenters. The number of likely N-dealkylation sites (tertiary alicyclic amines) is 1. The second-order valence-electron chi connectivity index (χ2n) is 7.60. The maximum atomic E-state index is 12.8. The highest BCUT2D eigenvalue weighted by Gasteiger charge is 2.54. The van der Waals surface area contributed by atoms with Gasteiger partial charge in [0.05, 0.1) is 18.2 Å². The summed E-state index contributed by atoms with van der Waals surface area (Å²) in [6.07, 6.45) is 7.50. The van der Waals surface area contributed by atoms with E-state index in [9.17, 15) is 4.79 Å². The van der Waals surface area contributed by atoms with E-state index < -0.39 is 0 Å². The molecule has 1 N–H and O–H groups in total. The molecule has 4 fully saturated rings. The Kier molecular flexibility index (Phi) is 3.20. The van der Waals surface area contributed by atoms with Crippen molar-refractivity contribution in [2.24, 2.45) is 17.8 Å². The van der Waals surface area contributed by atoms with Crippen LogP contribution >= 0.6 is 11.3 Å². The van der Waals surface area contributed by atoms with Crippen LogP contribution in [0.3, 0.4) is 0 Å². The molecule has 4 aliphatic rings. The first-order valence-corrected chi connectivity index (χ1v) is 9.64. The summed E-state index contributed by atoms with van der Waals surface area (Å²) in [5.41, 5.74) is 0. The fourth-order valence-electron chi connectivity index (χ4n) is 4.68. The Morgan fingerprint density at radius 2 is 2.00 bits per heavy atom. The lowest BCUT2D eigenvalue weighted by Crippen LogP contribution is -2.42. The lowest BCUT2D eigenvalue weighted by Gasteiger charge is -2.23.